The van der Waals surface area contributed by atoms with Crippen molar-refractivity contribution >= 4 is 46.6 Å². The summed E-state index contributed by atoms with van der Waals surface area (Å²) in [6.45, 7) is 7.74. The molecule has 2 saturated heterocycles. The van der Waals surface area contributed by atoms with Gasteiger partial charge in [0.1, 0.15) is 18.8 Å². The molecule has 2 fully saturated rings. The van der Waals surface area contributed by atoms with Crippen LogP contribution in [0, 0.1) is 0 Å². The lowest BCUT2D eigenvalue weighted by Crippen LogP contribution is -2.66. The van der Waals surface area contributed by atoms with Gasteiger partial charge in [-0.15, -0.1) is 0 Å². The average Bonchev–Trinajstić information content (AvgIpc) is 3.85. The summed E-state index contributed by atoms with van der Waals surface area (Å²) in [7, 11) is 4.54. The molecular formula is C47H49Cl2F3N2O12. The normalized spacial score (nSPS) is 29.4. The van der Waals surface area contributed by atoms with E-state index in [9.17, 15) is 19.5 Å². The minimum absolute atomic E-state index is 0.0629. The quantitative estimate of drug-likeness (QED) is 0.210. The summed E-state index contributed by atoms with van der Waals surface area (Å²) in [5, 5.41) is 14.0. The number of fused-ring (bicyclic) bond motifs is 2. The van der Waals surface area contributed by atoms with Crippen molar-refractivity contribution in [2.45, 2.75) is 113 Å². The molecule has 6 bridgehead atoms. The number of benzene rings is 3. The zero-order chi connectivity index (χ0) is 47.9. The van der Waals surface area contributed by atoms with E-state index in [0.29, 0.717) is 11.1 Å². The van der Waals surface area contributed by atoms with Gasteiger partial charge in [-0.05, 0) is 65.6 Å². The van der Waals surface area contributed by atoms with Gasteiger partial charge < -0.3 is 53.2 Å². The maximum absolute atomic E-state index is 15.2. The Labute approximate surface area is 388 Å². The minimum atomic E-state index is -5.35. The number of carbonyl (C=O) groups is 3. The first-order valence-corrected chi connectivity index (χ1v) is 21.8. The van der Waals surface area contributed by atoms with E-state index in [1.54, 1.807) is 38.1 Å². The Morgan fingerprint density at radius 3 is 2.29 bits per heavy atom. The lowest BCUT2D eigenvalue weighted by Gasteiger charge is -2.51. The van der Waals surface area contributed by atoms with Gasteiger partial charge in [-0.1, -0.05) is 77.8 Å². The third-order valence-corrected chi connectivity index (χ3v) is 13.2. The molecule has 2 aliphatic carbocycles. The fourth-order valence-electron chi connectivity index (χ4n) is 9.93. The number of nitrogens with one attached hydrogen (secondary N) is 1. The van der Waals surface area contributed by atoms with Crippen LogP contribution in [0.3, 0.4) is 0 Å². The molecule has 6 aliphatic heterocycles. The van der Waals surface area contributed by atoms with E-state index < -0.39 is 108 Å². The van der Waals surface area contributed by atoms with Crippen molar-refractivity contribution in [3.05, 3.63) is 111 Å². The van der Waals surface area contributed by atoms with Gasteiger partial charge in [0.25, 0.3) is 5.60 Å². The number of nitrogens with zero attached hydrogens (tertiary/aromatic N) is 1. The van der Waals surface area contributed by atoms with Crippen molar-refractivity contribution in [3.8, 4) is 11.5 Å². The second-order valence-electron chi connectivity index (χ2n) is 18.0. The fourth-order valence-corrected chi connectivity index (χ4v) is 10.6. The SMILES string of the molecule is CO[C@@](C(=O)O[C@H]1COC(=O)C[C@H](NC(C)=O)c2cc(O)c(c(Cl)c2)O[C@@H]2c3ccc1c(Cl)c3C1=CC=C[C@@]12O[C@@H]1OC(C)(C)[C@@H](N(C)C)[C@H]2OC(C)(C)O[C@@H]12)(c1ccccc1)C(F)(F)F. The van der Waals surface area contributed by atoms with Crippen molar-refractivity contribution in [2.24, 2.45) is 0 Å². The summed E-state index contributed by atoms with van der Waals surface area (Å²) in [5.74, 6) is -5.12. The molecule has 354 valence electrons. The lowest BCUT2D eigenvalue weighted by atomic mass is 9.86. The van der Waals surface area contributed by atoms with Crippen LogP contribution in [0.5, 0.6) is 11.5 Å². The van der Waals surface area contributed by atoms with Crippen molar-refractivity contribution in [3.63, 3.8) is 0 Å². The molecule has 66 heavy (non-hydrogen) atoms. The Kier molecular flexibility index (Phi) is 12.4. The number of halogens is 5. The topological polar surface area (TPSA) is 161 Å². The fraction of sp³-hybridized carbons (Fsp3) is 0.468. The summed E-state index contributed by atoms with van der Waals surface area (Å²) in [6.07, 6.45) is -6.33. The molecule has 0 saturated carbocycles. The van der Waals surface area contributed by atoms with Crippen LogP contribution < -0.4 is 10.1 Å². The highest BCUT2D eigenvalue weighted by atomic mass is 35.5. The standard InChI is InChI=1S/C47H49Cl2F3N2O12/c1-23(55)53-30-21-33(57)60-22-32(61-42(58)46(59-8,47(50,51)52)25-13-10-9-11-14-25)26-16-17-27-34(35(26)49)28-15-12-18-45(28,40(27)62-36-29(48)19-24(30)20-31(36)56)66-41-38-37(63-44(4,5)64-38)39(54(6)7)43(2,3)65-41/h9-20,30,32,37-41,56H,21-22H2,1-8H3,(H,53,55)/t30-,32-,37-,38+,39-,40+,41-,45+,46+/m0/s1. The van der Waals surface area contributed by atoms with Crippen molar-refractivity contribution in [1.29, 1.82) is 0 Å². The van der Waals surface area contributed by atoms with Crippen LogP contribution in [0.15, 0.2) is 72.8 Å². The Morgan fingerprint density at radius 2 is 1.65 bits per heavy atom. The van der Waals surface area contributed by atoms with Crippen LogP contribution in [0.25, 0.3) is 5.57 Å². The van der Waals surface area contributed by atoms with E-state index in [1.165, 1.54) is 43.3 Å². The summed E-state index contributed by atoms with van der Waals surface area (Å²) in [5.41, 5.74) is -5.62. The molecular weight excluding hydrogens is 912 g/mol. The number of phenols is 1. The van der Waals surface area contributed by atoms with E-state index >= 15 is 13.2 Å². The number of aromatic hydroxyl groups is 1. The molecule has 0 unspecified atom stereocenters. The van der Waals surface area contributed by atoms with E-state index in [2.05, 4.69) is 5.32 Å². The number of likely N-dealkylation sites (N-methyl/N-ethyl adjacent to an activating group) is 1. The second-order valence-corrected chi connectivity index (χ2v) is 18.8. The van der Waals surface area contributed by atoms with Gasteiger partial charge in [-0.2, -0.15) is 13.2 Å². The zero-order valence-corrected chi connectivity index (χ0v) is 38.7. The van der Waals surface area contributed by atoms with E-state index in [-0.39, 0.29) is 38.5 Å². The van der Waals surface area contributed by atoms with Crippen molar-refractivity contribution < 1.29 is 70.6 Å². The number of ether oxygens (including phenoxy) is 8. The number of carbonyl (C=O) groups excluding carboxylic acids is 3. The number of hydrogen-bond acceptors (Lipinski definition) is 13. The first-order chi connectivity index (χ1) is 30.9. The van der Waals surface area contributed by atoms with E-state index in [4.69, 9.17) is 61.1 Å². The maximum atomic E-state index is 15.2. The highest BCUT2D eigenvalue weighted by Crippen LogP contribution is 2.60. The number of amides is 1. The maximum Gasteiger partial charge on any atom is 0.432 e. The lowest BCUT2D eigenvalue weighted by molar-refractivity contribution is -0.313. The number of hydrogen-bond donors (Lipinski definition) is 2. The molecule has 3 aromatic carbocycles. The van der Waals surface area contributed by atoms with Gasteiger partial charge in [0, 0.05) is 41.9 Å². The monoisotopic (exact) mass is 960 g/mol. The molecule has 0 aromatic heterocycles. The van der Waals surface area contributed by atoms with Crippen molar-refractivity contribution in [1.82, 2.24) is 10.2 Å². The molecule has 14 nitrogen and oxygen atoms in total. The molecule has 8 aliphatic rings. The summed E-state index contributed by atoms with van der Waals surface area (Å²) < 4.78 is 95.8. The van der Waals surface area contributed by atoms with Crippen LogP contribution in [-0.2, 0) is 53.1 Å². The molecule has 6 heterocycles. The van der Waals surface area contributed by atoms with Crippen LogP contribution in [0.2, 0.25) is 10.0 Å². The predicted molar refractivity (Wildman–Crippen MR) is 231 cm³/mol. The number of phenolic OH excluding ortho intramolecular Hbond substituents is 1. The first kappa shape index (κ1) is 47.8. The average molecular weight is 962 g/mol. The molecule has 2 N–H and O–H groups in total. The van der Waals surface area contributed by atoms with Crippen molar-refractivity contribution in [2.75, 3.05) is 27.8 Å². The predicted octanol–water partition coefficient (Wildman–Crippen LogP) is 7.94. The van der Waals surface area contributed by atoms with E-state index in [1.807, 2.05) is 32.8 Å². The number of methoxy groups -OCH3 is 1. The van der Waals surface area contributed by atoms with Crippen LogP contribution in [-0.4, -0.2) is 103 Å². The smallest absolute Gasteiger partial charge is 0.432 e. The number of rotatable bonds is 8. The first-order valence-electron chi connectivity index (χ1n) is 21.0. The number of alkyl halides is 3. The van der Waals surface area contributed by atoms with Crippen LogP contribution >= 0.6 is 23.2 Å². The highest BCUT2D eigenvalue weighted by molar-refractivity contribution is 6.34. The molecule has 11 rings (SSSR count). The Hall–Kier alpha value is -4.72. The van der Waals surface area contributed by atoms with Crippen LogP contribution in [0.4, 0.5) is 13.2 Å². The molecule has 0 spiro atoms. The molecule has 1 amide bonds. The minimum Gasteiger partial charge on any atom is -0.504 e. The third-order valence-electron chi connectivity index (χ3n) is 12.5. The highest BCUT2D eigenvalue weighted by Gasteiger charge is 2.66. The largest absolute Gasteiger partial charge is 0.504 e. The second kappa shape index (κ2) is 17.1. The van der Waals surface area contributed by atoms with E-state index in [0.717, 1.165) is 19.2 Å². The van der Waals surface area contributed by atoms with Crippen LogP contribution in [0.1, 0.15) is 87.1 Å². The van der Waals surface area contributed by atoms with Gasteiger partial charge in [0.2, 0.25) is 5.91 Å². The Balaban J connectivity index is 1.30. The van der Waals surface area contributed by atoms with Gasteiger partial charge in [0.15, 0.2) is 41.4 Å². The zero-order valence-electron chi connectivity index (χ0n) is 37.2. The summed E-state index contributed by atoms with van der Waals surface area (Å²) >= 11 is 14.3. The molecule has 3 aromatic rings. The summed E-state index contributed by atoms with van der Waals surface area (Å²) in [6, 6.07) is 10.4. The molecule has 0 radical (unpaired) electrons. The Morgan fingerprint density at radius 1 is 0.970 bits per heavy atom. The third kappa shape index (κ3) is 8.04. The van der Waals surface area contributed by atoms with Gasteiger partial charge >= 0.3 is 18.1 Å². The number of allylic oxidation sites excluding steroid dienone is 2. The Bertz CT molecular complexity index is 2480. The van der Waals surface area contributed by atoms with Gasteiger partial charge in [0.05, 0.1) is 34.2 Å². The van der Waals surface area contributed by atoms with Gasteiger partial charge in [-0.25, -0.2) is 4.79 Å². The number of esters is 2. The molecule has 9 atom stereocenters. The molecule has 19 heteroatoms. The summed E-state index contributed by atoms with van der Waals surface area (Å²) in [4.78, 5) is 42.3. The van der Waals surface area contributed by atoms with Gasteiger partial charge in [-0.3, -0.25) is 9.59 Å².